The molecule has 228 valence electrons. The van der Waals surface area contributed by atoms with Crippen molar-refractivity contribution in [1.82, 2.24) is 15.2 Å². The van der Waals surface area contributed by atoms with Crippen molar-refractivity contribution < 1.29 is 23.5 Å². The summed E-state index contributed by atoms with van der Waals surface area (Å²) in [6.07, 6.45) is 9.43. The maximum Gasteiger partial charge on any atom is 0.325 e. The van der Waals surface area contributed by atoms with Gasteiger partial charge in [0.2, 0.25) is 0 Å². The first kappa shape index (κ1) is 30.3. The minimum absolute atomic E-state index is 0.0383. The number of pyridine rings is 1. The molecule has 2 fully saturated rings. The number of ether oxygens (including phenoxy) is 1. The van der Waals surface area contributed by atoms with E-state index in [2.05, 4.69) is 39.5 Å². The largest absolute Gasteiger partial charge is 0.461 e. The Morgan fingerprint density at radius 1 is 1.07 bits per heavy atom. The van der Waals surface area contributed by atoms with E-state index in [0.29, 0.717) is 17.5 Å². The van der Waals surface area contributed by atoms with E-state index in [0.717, 1.165) is 70.1 Å². The Hall–Kier alpha value is -4.18. The zero-order valence-electron chi connectivity index (χ0n) is 24.7. The van der Waals surface area contributed by atoms with Crippen molar-refractivity contribution in [1.29, 1.82) is 0 Å². The summed E-state index contributed by atoms with van der Waals surface area (Å²) in [5.41, 5.74) is 8.77. The fraction of sp³-hybridized carbons (Fsp3) is 0.455. The Kier molecular flexibility index (Phi) is 10.1. The van der Waals surface area contributed by atoms with Crippen molar-refractivity contribution in [3.05, 3.63) is 83.4 Å². The van der Waals surface area contributed by atoms with Gasteiger partial charge in [-0.15, -0.1) is 0 Å². The molecule has 0 bridgehead atoms. The Balaban J connectivity index is 1.17. The standard InChI is InChI=1S/C33H41N5O5/c1-23-11-12-30(35-21-23)38(32(40)29-10-5-19-42-29)26-14-17-37(18-15-26)16-13-24-6-2-3-9-28(24)25-7-4-8-27(20-25)43-31(39)22-36-33(34)41/h2-3,5-6,9-12,19,21,25-27H,4,7-8,13-18,20,22H2,1H3,(H3,34,36,41). The van der Waals surface area contributed by atoms with Crippen LogP contribution in [0.1, 0.15) is 71.7 Å². The number of nitrogens with zero attached hydrogens (tertiary/aromatic N) is 3. The number of anilines is 1. The second-order valence-electron chi connectivity index (χ2n) is 11.6. The third kappa shape index (κ3) is 8.01. The number of rotatable bonds is 10. The molecule has 43 heavy (non-hydrogen) atoms. The fourth-order valence-corrected chi connectivity index (χ4v) is 6.34. The molecule has 0 spiro atoms. The molecule has 2 aliphatic rings. The number of hydrogen-bond acceptors (Lipinski definition) is 7. The number of amides is 3. The van der Waals surface area contributed by atoms with Gasteiger partial charge in [-0.1, -0.05) is 30.3 Å². The number of carbonyl (C=O) groups is 3. The Labute approximate surface area is 252 Å². The van der Waals surface area contributed by atoms with E-state index in [9.17, 15) is 14.4 Å². The number of nitrogens with two attached hydrogens (primary N) is 1. The van der Waals surface area contributed by atoms with Gasteiger partial charge in [0.05, 0.1) is 6.26 Å². The molecule has 1 aliphatic heterocycles. The van der Waals surface area contributed by atoms with Gasteiger partial charge in [0.15, 0.2) is 5.76 Å². The molecule has 1 saturated carbocycles. The van der Waals surface area contributed by atoms with Crippen LogP contribution >= 0.6 is 0 Å². The predicted octanol–water partition coefficient (Wildman–Crippen LogP) is 4.57. The zero-order valence-corrected chi connectivity index (χ0v) is 24.7. The second kappa shape index (κ2) is 14.3. The van der Waals surface area contributed by atoms with Crippen molar-refractivity contribution in [2.45, 2.75) is 69.9 Å². The summed E-state index contributed by atoms with van der Waals surface area (Å²) in [4.78, 5) is 45.3. The number of benzene rings is 1. The lowest BCUT2D eigenvalue weighted by molar-refractivity contribution is -0.149. The highest BCUT2D eigenvalue weighted by molar-refractivity contribution is 6.04. The van der Waals surface area contributed by atoms with Crippen LogP contribution in [-0.2, 0) is 16.0 Å². The van der Waals surface area contributed by atoms with Crippen LogP contribution in [0.5, 0.6) is 0 Å². The summed E-state index contributed by atoms with van der Waals surface area (Å²) < 4.78 is 11.1. The molecule has 2 unspecified atom stereocenters. The Bertz CT molecular complexity index is 1370. The number of nitrogens with one attached hydrogen (secondary N) is 1. The maximum absolute atomic E-state index is 13.4. The molecule has 2 atom stereocenters. The molecule has 10 nitrogen and oxygen atoms in total. The topological polar surface area (TPSA) is 131 Å². The molecule has 2 aromatic heterocycles. The summed E-state index contributed by atoms with van der Waals surface area (Å²) in [5.74, 6) is 0.683. The highest BCUT2D eigenvalue weighted by Gasteiger charge is 2.32. The minimum Gasteiger partial charge on any atom is -0.461 e. The van der Waals surface area contributed by atoms with Crippen LogP contribution in [0, 0.1) is 6.92 Å². The van der Waals surface area contributed by atoms with E-state index in [1.807, 2.05) is 19.1 Å². The van der Waals surface area contributed by atoms with Crippen molar-refractivity contribution in [3.63, 3.8) is 0 Å². The van der Waals surface area contributed by atoms with Gasteiger partial charge in [-0.25, -0.2) is 9.78 Å². The molecule has 1 saturated heterocycles. The molecule has 1 aromatic carbocycles. The fourth-order valence-electron chi connectivity index (χ4n) is 6.34. The van der Waals surface area contributed by atoms with E-state index in [1.54, 1.807) is 23.2 Å². The number of aromatic nitrogens is 1. The summed E-state index contributed by atoms with van der Waals surface area (Å²) in [5, 5.41) is 2.30. The first-order valence-electron chi connectivity index (χ1n) is 15.2. The van der Waals surface area contributed by atoms with Gasteiger partial charge in [0.25, 0.3) is 5.91 Å². The van der Waals surface area contributed by atoms with Gasteiger partial charge in [-0.2, -0.15) is 0 Å². The van der Waals surface area contributed by atoms with Gasteiger partial charge in [-0.3, -0.25) is 14.5 Å². The average Bonchev–Trinajstić information content (AvgIpc) is 3.56. The quantitative estimate of drug-likeness (QED) is 0.332. The van der Waals surface area contributed by atoms with Crippen LogP contribution in [0.4, 0.5) is 10.6 Å². The van der Waals surface area contributed by atoms with E-state index < -0.39 is 12.0 Å². The highest BCUT2D eigenvalue weighted by Crippen LogP contribution is 2.36. The van der Waals surface area contributed by atoms with E-state index in [-0.39, 0.29) is 24.6 Å². The zero-order chi connectivity index (χ0) is 30.2. The van der Waals surface area contributed by atoms with Crippen molar-refractivity contribution >= 4 is 23.7 Å². The number of hydrogen-bond donors (Lipinski definition) is 2. The molecule has 5 rings (SSSR count). The van der Waals surface area contributed by atoms with Crippen LogP contribution in [-0.4, -0.2) is 66.1 Å². The third-order valence-electron chi connectivity index (χ3n) is 8.54. The number of carbonyl (C=O) groups excluding carboxylic acids is 3. The number of primary amides is 1. The summed E-state index contributed by atoms with van der Waals surface area (Å²) >= 11 is 0. The van der Waals surface area contributed by atoms with Gasteiger partial charge >= 0.3 is 12.0 Å². The van der Waals surface area contributed by atoms with Crippen LogP contribution in [0.2, 0.25) is 0 Å². The molecular weight excluding hydrogens is 546 g/mol. The van der Waals surface area contributed by atoms with E-state index in [4.69, 9.17) is 14.9 Å². The molecular formula is C33H41N5O5. The van der Waals surface area contributed by atoms with Crippen LogP contribution in [0.25, 0.3) is 0 Å². The average molecular weight is 588 g/mol. The molecule has 0 radical (unpaired) electrons. The molecule has 1 aliphatic carbocycles. The smallest absolute Gasteiger partial charge is 0.325 e. The first-order chi connectivity index (χ1) is 20.9. The van der Waals surface area contributed by atoms with Crippen molar-refractivity contribution in [2.75, 3.05) is 31.1 Å². The minimum atomic E-state index is -0.736. The number of piperidine rings is 1. The predicted molar refractivity (Wildman–Crippen MR) is 163 cm³/mol. The second-order valence-corrected chi connectivity index (χ2v) is 11.6. The molecule has 3 N–H and O–H groups in total. The summed E-state index contributed by atoms with van der Waals surface area (Å²) in [6.45, 7) is 4.49. The van der Waals surface area contributed by atoms with Gasteiger partial charge in [0, 0.05) is 31.9 Å². The van der Waals surface area contributed by atoms with E-state index >= 15 is 0 Å². The lowest BCUT2D eigenvalue weighted by Crippen LogP contribution is -2.48. The Morgan fingerprint density at radius 3 is 2.60 bits per heavy atom. The number of likely N-dealkylation sites (tertiary alicyclic amines) is 1. The van der Waals surface area contributed by atoms with Gasteiger partial charge in [-0.05, 0) is 92.7 Å². The SMILES string of the molecule is Cc1ccc(N(C(=O)c2ccco2)C2CCN(CCc3ccccc3C3CCCC(OC(=O)CNC(N)=O)C3)CC2)nc1. The van der Waals surface area contributed by atoms with Crippen LogP contribution in [0.3, 0.4) is 0 Å². The Morgan fingerprint density at radius 2 is 1.88 bits per heavy atom. The number of aryl methyl sites for hydroxylation is 1. The first-order valence-corrected chi connectivity index (χ1v) is 15.2. The molecule has 3 aromatic rings. The number of esters is 1. The molecule has 10 heteroatoms. The lowest BCUT2D eigenvalue weighted by atomic mass is 9.80. The van der Waals surface area contributed by atoms with Gasteiger partial charge in [0.1, 0.15) is 18.5 Å². The van der Waals surface area contributed by atoms with Crippen molar-refractivity contribution in [3.8, 4) is 0 Å². The summed E-state index contributed by atoms with van der Waals surface area (Å²) in [6, 6.07) is 15.2. The monoisotopic (exact) mass is 587 g/mol. The third-order valence-corrected chi connectivity index (χ3v) is 8.54. The van der Waals surface area contributed by atoms with Crippen LogP contribution < -0.4 is 16.0 Å². The van der Waals surface area contributed by atoms with E-state index in [1.165, 1.54) is 17.4 Å². The molecule has 3 amide bonds. The highest BCUT2D eigenvalue weighted by atomic mass is 16.5. The maximum atomic E-state index is 13.4. The van der Waals surface area contributed by atoms with Gasteiger partial charge < -0.3 is 25.1 Å². The summed E-state index contributed by atoms with van der Waals surface area (Å²) in [7, 11) is 0. The van der Waals surface area contributed by atoms with Crippen molar-refractivity contribution in [2.24, 2.45) is 5.73 Å². The lowest BCUT2D eigenvalue weighted by Gasteiger charge is -2.38. The number of furan rings is 1. The number of urea groups is 1. The normalized spacial score (nSPS) is 19.5. The van der Waals surface area contributed by atoms with Crippen LogP contribution in [0.15, 0.2) is 65.4 Å². The molecule has 3 heterocycles.